The van der Waals surface area contributed by atoms with Gasteiger partial charge in [0.05, 0.1) is 24.6 Å². The van der Waals surface area contributed by atoms with Crippen LogP contribution < -0.4 is 24.0 Å². The van der Waals surface area contributed by atoms with Crippen LogP contribution in [0.3, 0.4) is 0 Å². The van der Waals surface area contributed by atoms with Gasteiger partial charge in [0.1, 0.15) is 6.61 Å². The van der Waals surface area contributed by atoms with Crippen molar-refractivity contribution >= 4 is 13.2 Å². The SMILES string of the molecule is C=C(C)C(=O)OCC[P+](CC)(CC)CC.[I-]. The molecule has 0 heterocycles. The molecule has 0 bridgehead atoms. The van der Waals surface area contributed by atoms with Gasteiger partial charge < -0.3 is 28.7 Å². The highest BCUT2D eigenvalue weighted by molar-refractivity contribution is 7.75. The zero-order valence-electron chi connectivity index (χ0n) is 10.9. The van der Waals surface area contributed by atoms with Gasteiger partial charge in [-0.1, -0.05) is 6.58 Å². The number of carbonyl (C=O) groups is 1. The predicted molar refractivity (Wildman–Crippen MR) is 69.2 cm³/mol. The first-order valence-corrected chi connectivity index (χ1v) is 8.22. The van der Waals surface area contributed by atoms with Gasteiger partial charge in [0.15, 0.2) is 0 Å². The number of halogens is 1. The van der Waals surface area contributed by atoms with Crippen LogP contribution >= 0.6 is 7.26 Å². The summed E-state index contributed by atoms with van der Waals surface area (Å²) in [5, 5.41) is 0. The second kappa shape index (κ2) is 9.41. The molecule has 0 radical (unpaired) electrons. The summed E-state index contributed by atoms with van der Waals surface area (Å²) in [7, 11) is -0.832. The molecule has 0 saturated carbocycles. The zero-order valence-corrected chi connectivity index (χ0v) is 13.9. The topological polar surface area (TPSA) is 26.3 Å². The molecule has 2 nitrogen and oxygen atoms in total. The second-order valence-corrected chi connectivity index (χ2v) is 8.96. The minimum atomic E-state index is -0.832. The summed E-state index contributed by atoms with van der Waals surface area (Å²) < 4.78 is 5.15. The average molecular weight is 358 g/mol. The van der Waals surface area contributed by atoms with Crippen molar-refractivity contribution in [2.24, 2.45) is 0 Å². The van der Waals surface area contributed by atoms with Crippen molar-refractivity contribution in [1.29, 1.82) is 0 Å². The third kappa shape index (κ3) is 6.19. The third-order valence-electron chi connectivity index (χ3n) is 3.16. The number of rotatable bonds is 7. The van der Waals surface area contributed by atoms with E-state index in [1.54, 1.807) is 6.92 Å². The van der Waals surface area contributed by atoms with Gasteiger partial charge in [-0.3, -0.25) is 0 Å². The lowest BCUT2D eigenvalue weighted by Crippen LogP contribution is -3.00. The Morgan fingerprint density at radius 1 is 1.19 bits per heavy atom. The maximum atomic E-state index is 11.2. The van der Waals surface area contributed by atoms with Crippen LogP contribution in [0.15, 0.2) is 12.2 Å². The van der Waals surface area contributed by atoms with E-state index in [1.807, 2.05) is 0 Å². The summed E-state index contributed by atoms with van der Waals surface area (Å²) in [6, 6.07) is 0. The predicted octanol–water partition coefficient (Wildman–Crippen LogP) is 0.187. The second-order valence-electron chi connectivity index (χ2n) is 3.93. The van der Waals surface area contributed by atoms with E-state index in [9.17, 15) is 4.79 Å². The Labute approximate surface area is 118 Å². The van der Waals surface area contributed by atoms with Crippen LogP contribution in [0.5, 0.6) is 0 Å². The molecule has 0 fully saturated rings. The summed E-state index contributed by atoms with van der Waals surface area (Å²) in [5.74, 6) is -0.253. The van der Waals surface area contributed by atoms with Crippen LogP contribution in [0.4, 0.5) is 0 Å². The van der Waals surface area contributed by atoms with Gasteiger partial charge in [-0.2, -0.15) is 0 Å². The highest BCUT2D eigenvalue weighted by atomic mass is 127. The first-order valence-electron chi connectivity index (χ1n) is 5.69. The lowest BCUT2D eigenvalue weighted by Gasteiger charge is -2.23. The van der Waals surface area contributed by atoms with E-state index in [0.717, 1.165) is 6.16 Å². The summed E-state index contributed by atoms with van der Waals surface area (Å²) in [6.45, 7) is 12.6. The Morgan fingerprint density at radius 2 is 1.62 bits per heavy atom. The first-order chi connectivity index (χ1) is 7.01. The van der Waals surface area contributed by atoms with Crippen molar-refractivity contribution in [3.8, 4) is 0 Å². The third-order valence-corrected chi connectivity index (χ3v) is 8.32. The minimum absolute atomic E-state index is 0. The van der Waals surface area contributed by atoms with Crippen LogP contribution in [-0.2, 0) is 9.53 Å². The van der Waals surface area contributed by atoms with E-state index in [1.165, 1.54) is 18.5 Å². The number of hydrogen-bond donors (Lipinski definition) is 0. The molecule has 0 spiro atoms. The zero-order chi connectivity index (χ0) is 11.9. The summed E-state index contributed by atoms with van der Waals surface area (Å²) >= 11 is 0. The molecule has 0 N–H and O–H groups in total. The molecule has 4 heteroatoms. The summed E-state index contributed by atoms with van der Waals surface area (Å²) in [6.07, 6.45) is 4.83. The van der Waals surface area contributed by atoms with E-state index >= 15 is 0 Å². The average Bonchev–Trinajstić information content (AvgIpc) is 2.24. The molecule has 0 saturated heterocycles. The van der Waals surface area contributed by atoms with Crippen molar-refractivity contribution in [1.82, 2.24) is 0 Å². The molecule has 0 aromatic rings. The van der Waals surface area contributed by atoms with Crippen molar-refractivity contribution in [3.05, 3.63) is 12.2 Å². The Kier molecular flexibility index (Phi) is 11.0. The van der Waals surface area contributed by atoms with Crippen molar-refractivity contribution < 1.29 is 33.5 Å². The van der Waals surface area contributed by atoms with Crippen molar-refractivity contribution in [2.75, 3.05) is 31.3 Å². The Bertz CT molecular complexity index is 217. The number of esters is 1. The molecule has 0 atom stereocenters. The molecule has 0 aromatic carbocycles. The fourth-order valence-corrected chi connectivity index (χ4v) is 4.37. The van der Waals surface area contributed by atoms with Crippen LogP contribution in [-0.4, -0.2) is 37.2 Å². The molecule has 0 aliphatic rings. The van der Waals surface area contributed by atoms with E-state index < -0.39 is 7.26 Å². The smallest absolute Gasteiger partial charge is 0.333 e. The van der Waals surface area contributed by atoms with E-state index in [2.05, 4.69) is 27.4 Å². The van der Waals surface area contributed by atoms with Gasteiger partial charge in [0.25, 0.3) is 0 Å². The number of carbonyl (C=O) groups excluding carboxylic acids is 1. The number of ether oxygens (including phenoxy) is 1. The van der Waals surface area contributed by atoms with Gasteiger partial charge in [0, 0.05) is 12.8 Å². The fourth-order valence-electron chi connectivity index (χ4n) is 1.60. The highest BCUT2D eigenvalue weighted by Crippen LogP contribution is 2.57. The number of hydrogen-bond acceptors (Lipinski definition) is 2. The van der Waals surface area contributed by atoms with E-state index in [-0.39, 0.29) is 29.9 Å². The van der Waals surface area contributed by atoms with Crippen LogP contribution in [0, 0.1) is 0 Å². The quantitative estimate of drug-likeness (QED) is 0.281. The van der Waals surface area contributed by atoms with Crippen molar-refractivity contribution in [2.45, 2.75) is 27.7 Å². The van der Waals surface area contributed by atoms with E-state index in [4.69, 9.17) is 4.74 Å². The normalized spacial score (nSPS) is 10.5. The van der Waals surface area contributed by atoms with Crippen LogP contribution in [0.25, 0.3) is 0 Å². The Morgan fingerprint density at radius 3 is 1.94 bits per heavy atom. The maximum absolute atomic E-state index is 11.2. The van der Waals surface area contributed by atoms with Gasteiger partial charge in [-0.25, -0.2) is 4.79 Å². The van der Waals surface area contributed by atoms with E-state index in [0.29, 0.717) is 12.2 Å². The maximum Gasteiger partial charge on any atom is 0.333 e. The molecule has 0 rings (SSSR count). The van der Waals surface area contributed by atoms with Gasteiger partial charge >= 0.3 is 5.97 Å². The fraction of sp³-hybridized carbons (Fsp3) is 0.750. The highest BCUT2D eigenvalue weighted by Gasteiger charge is 2.30. The molecule has 0 unspecified atom stereocenters. The molecular weight excluding hydrogens is 334 g/mol. The van der Waals surface area contributed by atoms with Crippen LogP contribution in [0.2, 0.25) is 0 Å². The molecular formula is C12H24IO2P. The molecule has 0 aliphatic carbocycles. The van der Waals surface area contributed by atoms with Crippen LogP contribution in [0.1, 0.15) is 27.7 Å². The largest absolute Gasteiger partial charge is 1.00 e. The minimum Gasteiger partial charge on any atom is -1.00 e. The lowest BCUT2D eigenvalue weighted by molar-refractivity contribution is -0.138. The van der Waals surface area contributed by atoms with Crippen molar-refractivity contribution in [3.63, 3.8) is 0 Å². The Hall–Kier alpha value is 0.370. The van der Waals surface area contributed by atoms with Gasteiger partial charge in [-0.05, 0) is 27.7 Å². The summed E-state index contributed by atoms with van der Waals surface area (Å²) in [4.78, 5) is 11.2. The molecule has 0 amide bonds. The van der Waals surface area contributed by atoms with Gasteiger partial charge in [0.2, 0.25) is 0 Å². The molecule has 96 valence electrons. The standard InChI is InChI=1S/C12H24O2P.HI/c1-6-15(7-2,8-3)10-9-14-12(13)11(4)5;/h4,6-10H2,1-3,5H3;1H/q+1;/p-1. The first kappa shape index (κ1) is 18.7. The molecule has 16 heavy (non-hydrogen) atoms. The molecule has 0 aromatic heterocycles. The molecule has 0 aliphatic heterocycles. The van der Waals surface area contributed by atoms with Gasteiger partial charge in [-0.15, -0.1) is 0 Å². The monoisotopic (exact) mass is 358 g/mol. The summed E-state index contributed by atoms with van der Waals surface area (Å²) in [5.41, 5.74) is 0.489. The Balaban J connectivity index is 0. The lowest BCUT2D eigenvalue weighted by atomic mass is 10.4.